The quantitative estimate of drug-likeness (QED) is 0.154. The number of hydrazone groups is 1. The molecule has 8 nitrogen and oxygen atoms in total. The molecule has 1 fully saturated rings. The van der Waals surface area contributed by atoms with Gasteiger partial charge in [0.1, 0.15) is 0 Å². The highest BCUT2D eigenvalue weighted by atomic mass is 16.2. The van der Waals surface area contributed by atoms with E-state index in [1.54, 1.807) is 24.4 Å². The summed E-state index contributed by atoms with van der Waals surface area (Å²) in [7, 11) is 0. The van der Waals surface area contributed by atoms with Crippen LogP contribution < -0.4 is 15.6 Å². The first-order valence-corrected chi connectivity index (χ1v) is 14.6. The van der Waals surface area contributed by atoms with Gasteiger partial charge in [0.15, 0.2) is 0 Å². The molecule has 4 aliphatic rings. The third-order valence-electron chi connectivity index (χ3n) is 9.26. The average molecular weight is 583 g/mol. The highest BCUT2D eigenvalue weighted by Gasteiger charge is 2.68. The molecule has 8 heteroatoms. The average Bonchev–Trinajstić information content (AvgIpc) is 3.30. The van der Waals surface area contributed by atoms with E-state index in [1.807, 2.05) is 93.6 Å². The molecule has 1 saturated heterocycles. The zero-order valence-electron chi connectivity index (χ0n) is 24.5. The van der Waals surface area contributed by atoms with Crippen molar-refractivity contribution in [2.24, 2.45) is 16.9 Å². The molecule has 4 amide bonds. The number of nitrogens with zero attached hydrogens (tertiary/aromatic N) is 2. The molecule has 8 rings (SSSR count). The molecular formula is C36H30N4O4. The van der Waals surface area contributed by atoms with E-state index in [0.29, 0.717) is 11.4 Å². The predicted molar refractivity (Wildman–Crippen MR) is 167 cm³/mol. The lowest BCUT2D eigenvalue weighted by molar-refractivity contribution is -0.136. The van der Waals surface area contributed by atoms with Gasteiger partial charge in [0.2, 0.25) is 11.8 Å². The molecule has 218 valence electrons. The summed E-state index contributed by atoms with van der Waals surface area (Å²) in [5.74, 6) is -4.16. The van der Waals surface area contributed by atoms with Crippen LogP contribution in [0.3, 0.4) is 0 Å². The summed E-state index contributed by atoms with van der Waals surface area (Å²) < 4.78 is 0. The van der Waals surface area contributed by atoms with Crippen molar-refractivity contribution in [3.05, 3.63) is 130 Å². The van der Waals surface area contributed by atoms with Gasteiger partial charge < -0.3 is 5.32 Å². The second-order valence-electron chi connectivity index (χ2n) is 11.8. The van der Waals surface area contributed by atoms with Crippen LogP contribution >= 0.6 is 0 Å². The Morgan fingerprint density at radius 1 is 0.773 bits per heavy atom. The molecule has 2 N–H and O–H groups in total. The summed E-state index contributed by atoms with van der Waals surface area (Å²) in [5, 5.41) is 6.97. The summed E-state index contributed by atoms with van der Waals surface area (Å²) in [6.07, 6.45) is 1.55. The fourth-order valence-corrected chi connectivity index (χ4v) is 7.29. The Bertz CT molecular complexity index is 1860. The smallest absolute Gasteiger partial charge is 0.317 e. The Balaban J connectivity index is 1.30. The number of hydrogen-bond donors (Lipinski definition) is 2. The highest BCUT2D eigenvalue weighted by Crippen LogP contribution is 2.63. The maximum atomic E-state index is 14.4. The minimum atomic E-state index is -1.16. The van der Waals surface area contributed by atoms with Crippen molar-refractivity contribution >= 4 is 41.2 Å². The van der Waals surface area contributed by atoms with Gasteiger partial charge >= 0.3 is 11.8 Å². The predicted octanol–water partition coefficient (Wildman–Crippen LogP) is 4.90. The molecule has 4 aromatic carbocycles. The van der Waals surface area contributed by atoms with Crippen molar-refractivity contribution in [1.29, 1.82) is 0 Å². The summed E-state index contributed by atoms with van der Waals surface area (Å²) in [6.45, 7) is 5.69. The molecule has 0 radical (unpaired) electrons. The van der Waals surface area contributed by atoms with Gasteiger partial charge in [0.25, 0.3) is 0 Å². The van der Waals surface area contributed by atoms with Crippen LogP contribution in [0.25, 0.3) is 0 Å². The van der Waals surface area contributed by atoms with Crippen LogP contribution in [-0.2, 0) is 24.6 Å². The van der Waals surface area contributed by atoms with E-state index in [9.17, 15) is 19.2 Å². The van der Waals surface area contributed by atoms with Crippen LogP contribution in [0.1, 0.15) is 44.9 Å². The number of benzene rings is 4. The first-order chi connectivity index (χ1) is 21.2. The molecular weight excluding hydrogens is 552 g/mol. The van der Waals surface area contributed by atoms with Crippen molar-refractivity contribution in [2.45, 2.75) is 32.1 Å². The van der Waals surface area contributed by atoms with Crippen molar-refractivity contribution < 1.29 is 19.2 Å². The van der Waals surface area contributed by atoms with Gasteiger partial charge in [-0.1, -0.05) is 78.4 Å². The lowest BCUT2D eigenvalue weighted by atomic mass is 9.47. The second-order valence-corrected chi connectivity index (χ2v) is 11.8. The lowest BCUT2D eigenvalue weighted by Crippen LogP contribution is -2.54. The fourth-order valence-electron chi connectivity index (χ4n) is 7.29. The van der Waals surface area contributed by atoms with Crippen LogP contribution in [0.2, 0.25) is 0 Å². The van der Waals surface area contributed by atoms with Gasteiger partial charge in [-0.05, 0) is 72.4 Å². The van der Waals surface area contributed by atoms with Crippen molar-refractivity contribution in [3.8, 4) is 0 Å². The van der Waals surface area contributed by atoms with E-state index in [1.165, 1.54) is 4.90 Å². The number of carbonyl (C=O) groups excluding carboxylic acids is 4. The topological polar surface area (TPSA) is 108 Å². The van der Waals surface area contributed by atoms with E-state index < -0.39 is 29.1 Å². The molecule has 2 unspecified atom stereocenters. The van der Waals surface area contributed by atoms with Gasteiger partial charge in [-0.3, -0.25) is 19.2 Å². The number of aryl methyl sites for hydroxylation is 3. The molecule has 1 heterocycles. The maximum absolute atomic E-state index is 14.4. The summed E-state index contributed by atoms with van der Waals surface area (Å²) in [6, 6.07) is 28.5. The molecule has 2 bridgehead atoms. The number of nitrogens with one attached hydrogen (secondary N) is 2. The maximum Gasteiger partial charge on any atom is 0.329 e. The number of hydrogen-bond acceptors (Lipinski definition) is 5. The number of anilines is 2. The van der Waals surface area contributed by atoms with Crippen LogP contribution in [0.15, 0.2) is 96.1 Å². The van der Waals surface area contributed by atoms with Gasteiger partial charge in [0, 0.05) is 17.8 Å². The number of amides is 4. The Morgan fingerprint density at radius 2 is 1.39 bits per heavy atom. The first-order valence-electron chi connectivity index (χ1n) is 14.6. The summed E-state index contributed by atoms with van der Waals surface area (Å²) in [4.78, 5) is 55.7. The second kappa shape index (κ2) is 10.1. The lowest BCUT2D eigenvalue weighted by Gasteiger charge is -2.52. The van der Waals surface area contributed by atoms with Crippen LogP contribution in [-0.4, -0.2) is 29.8 Å². The molecule has 1 aliphatic heterocycles. The fraction of sp³-hybridized carbons (Fsp3) is 0.194. The van der Waals surface area contributed by atoms with Crippen LogP contribution in [0.4, 0.5) is 11.4 Å². The van der Waals surface area contributed by atoms with E-state index >= 15 is 0 Å². The van der Waals surface area contributed by atoms with Gasteiger partial charge in [0.05, 0.1) is 22.9 Å². The standard InChI is InChI=1S/C36H30N4O4/c1-20-13-16-23(17-14-20)40-34(43)30-29-24-8-4-6-10-26(24)36(31(30)35(40)44,27-11-7-5-9-25(27)29)19-37-39-33(42)32(41)38-28-18-21(2)12-15-22(28)3/h4-19,29-31H,1-3H3,(H,38,41)(H,39,42)/b37-19+. The number of rotatable bonds is 4. The number of carbonyl (C=O) groups is 4. The zero-order valence-corrected chi connectivity index (χ0v) is 24.5. The molecule has 0 spiro atoms. The molecule has 44 heavy (non-hydrogen) atoms. The Morgan fingerprint density at radius 3 is 2.05 bits per heavy atom. The molecule has 3 aliphatic carbocycles. The van der Waals surface area contributed by atoms with E-state index in [0.717, 1.165) is 38.9 Å². The van der Waals surface area contributed by atoms with Gasteiger partial charge in [-0.15, -0.1) is 0 Å². The minimum Gasteiger partial charge on any atom is -0.317 e. The van der Waals surface area contributed by atoms with Crippen molar-refractivity contribution in [2.75, 3.05) is 10.2 Å². The molecule has 0 saturated carbocycles. The SMILES string of the molecule is Cc1ccc(N2C(=O)C3C4c5ccccc5C(/C=N/NC(=O)C(=O)Nc5cc(C)ccc5C)(c5ccccc54)C3C2=O)cc1. The summed E-state index contributed by atoms with van der Waals surface area (Å²) in [5.41, 5.74) is 8.68. The van der Waals surface area contributed by atoms with Crippen LogP contribution in [0.5, 0.6) is 0 Å². The molecule has 0 aromatic heterocycles. The Labute approximate surface area is 254 Å². The largest absolute Gasteiger partial charge is 0.329 e. The third kappa shape index (κ3) is 3.94. The van der Waals surface area contributed by atoms with E-state index in [4.69, 9.17) is 0 Å². The Hall–Kier alpha value is -5.37. The first kappa shape index (κ1) is 27.5. The number of imide groups is 1. The monoisotopic (exact) mass is 582 g/mol. The third-order valence-corrected chi connectivity index (χ3v) is 9.26. The highest BCUT2D eigenvalue weighted by molar-refractivity contribution is 6.39. The van der Waals surface area contributed by atoms with Crippen molar-refractivity contribution in [1.82, 2.24) is 5.43 Å². The molecule has 4 aromatic rings. The van der Waals surface area contributed by atoms with Crippen LogP contribution in [0, 0.1) is 32.6 Å². The Kier molecular flexibility index (Phi) is 6.32. The van der Waals surface area contributed by atoms with E-state index in [2.05, 4.69) is 15.8 Å². The van der Waals surface area contributed by atoms with E-state index in [-0.39, 0.29) is 17.7 Å². The zero-order chi connectivity index (χ0) is 30.7. The summed E-state index contributed by atoms with van der Waals surface area (Å²) >= 11 is 0. The minimum absolute atomic E-state index is 0.257. The van der Waals surface area contributed by atoms with Gasteiger partial charge in [-0.2, -0.15) is 5.10 Å². The molecule has 2 atom stereocenters. The normalized spacial score (nSPS) is 22.9. The van der Waals surface area contributed by atoms with Gasteiger partial charge in [-0.25, -0.2) is 10.3 Å². The van der Waals surface area contributed by atoms with Crippen molar-refractivity contribution in [3.63, 3.8) is 0 Å².